The van der Waals surface area contributed by atoms with E-state index in [1.807, 2.05) is 0 Å². The number of aromatic amines is 1. The van der Waals surface area contributed by atoms with Crippen LogP contribution in [0, 0.1) is 10.1 Å². The number of hydrogen-bond donors (Lipinski definition) is 16. The normalized spacial score (nSPS) is 22.4. The van der Waals surface area contributed by atoms with E-state index in [1.54, 1.807) is 12.1 Å². The predicted octanol–water partition coefficient (Wildman–Crippen LogP) is -1.52. The van der Waals surface area contributed by atoms with Gasteiger partial charge in [-0.2, -0.15) is 4.98 Å². The number of carboxylic acids is 1. The van der Waals surface area contributed by atoms with Crippen molar-refractivity contribution < 1.29 is 132 Å². The molecule has 604 valence electrons. The fourth-order valence-electron chi connectivity index (χ4n) is 13.2. The Morgan fingerprint density at radius 1 is 0.858 bits per heavy atom. The molecule has 0 saturated carbocycles. The summed E-state index contributed by atoms with van der Waals surface area (Å²) in [5.41, 5.74) is 0.615. The molecule has 4 aromatic carbocycles. The van der Waals surface area contributed by atoms with Gasteiger partial charge in [0.1, 0.15) is 72.1 Å². The number of carbonyl (C=O) groups excluding carboxylic acids is 6. The standard InChI is InChI=1S/C71H81N13O29/c1-32-56(89)41(24-50(109-32)110-46-26-71(102,48(87)31-86)25-39-52(46)61(94)54-53(58(39)91)57(90)38-4-3-5-44(105-2)51(38)60(54)93)78-70(101)113-45(34-8-12-43(42(22-34)84(103)104)111-68-63(96)62(95)59(92)47(30-85)112-68)23-36-29-83(82-81-36)15-17-107-19-21-108-20-18-106-16-14-73-49(88)13-11-40(67(99)100)77-65(97)33-6-9-35(10-7-33)74-27-37-28-75-64-55(76-37)66(98)80-69(72)79-64/h3-10,12,22,28-29,32,40-41,45-47,50,56,59,62-63,68,74,85-86,89,91-92,94-96,102H,11,13-21,23-27,30-31H2,1-2H3,(H,73,88)(H,77,97)(H,78,101)(H,99,100)(H3,72,75,79,80,98)/t32-,40-,41-,45-,46-,47+,50-,56+,59-,62-,63+,68+,71-/m0/s1. The zero-order valence-corrected chi connectivity index (χ0v) is 60.3. The summed E-state index contributed by atoms with van der Waals surface area (Å²) in [5.74, 6) is -7.90. The number of carboxylic acid groups (broad SMARTS) is 1. The van der Waals surface area contributed by atoms with Crippen molar-refractivity contribution in [3.8, 4) is 23.0 Å². The van der Waals surface area contributed by atoms with Gasteiger partial charge in [0.05, 0.1) is 124 Å². The quantitative estimate of drug-likeness (QED) is 0.00928. The van der Waals surface area contributed by atoms with Gasteiger partial charge in [-0.25, -0.2) is 24.2 Å². The number of nitrogen functional groups attached to an aromatic ring is 1. The molecule has 13 atom stereocenters. The fraction of sp³-hybridized carbons (Fsp3) is 0.451. The number of aromatic hydroxyl groups is 2. The summed E-state index contributed by atoms with van der Waals surface area (Å²) in [6, 6.07) is 10.8. The van der Waals surface area contributed by atoms with Crippen molar-refractivity contribution in [2.45, 2.75) is 138 Å². The molecule has 2 aliphatic heterocycles. The number of nitrogens with zero attached hydrogens (tertiary/aromatic N) is 7. The number of methoxy groups -OCH3 is 1. The van der Waals surface area contributed by atoms with E-state index < -0.39 is 197 Å². The molecule has 2 saturated heterocycles. The average Bonchev–Trinajstić information content (AvgIpc) is 0.740. The molecule has 0 bridgehead atoms. The van der Waals surface area contributed by atoms with Crippen molar-refractivity contribution in [1.29, 1.82) is 0 Å². The predicted molar refractivity (Wildman–Crippen MR) is 381 cm³/mol. The molecule has 42 heteroatoms. The number of aliphatic hydroxyl groups is 7. The largest absolute Gasteiger partial charge is 0.507 e. The first-order valence-electron chi connectivity index (χ1n) is 35.3. The van der Waals surface area contributed by atoms with Gasteiger partial charge in [0.25, 0.3) is 11.5 Å². The maximum atomic E-state index is 14.3. The highest BCUT2D eigenvalue weighted by Crippen LogP contribution is 2.53. The van der Waals surface area contributed by atoms with Gasteiger partial charge in [0, 0.05) is 78.9 Å². The number of nitrogens with one attached hydrogen (secondary N) is 5. The Morgan fingerprint density at radius 2 is 1.58 bits per heavy atom. The Bertz CT molecular complexity index is 4760. The molecule has 11 rings (SSSR count). The highest BCUT2D eigenvalue weighted by molar-refractivity contribution is 6.31. The minimum atomic E-state index is -2.52. The number of aromatic nitrogens is 7. The summed E-state index contributed by atoms with van der Waals surface area (Å²) in [4.78, 5) is 132. The van der Waals surface area contributed by atoms with Crippen LogP contribution in [-0.4, -0.2) is 266 Å². The summed E-state index contributed by atoms with van der Waals surface area (Å²) in [7, 11) is 1.25. The number of phenols is 2. The number of Topliss-reactive ketones (excluding diaryl/α,β-unsaturated/α-hetero) is 1. The SMILES string of the molecule is COc1cccc2c1C(=O)c1c(O)c3c(c(O)c1C2=O)C[C@@](O)(C(=O)CO)C[C@@H]3O[C@H]1C[C@H](NC(=O)O[C@@H](Cc2cn(CCOCCOCCOCCNC(=O)CC[C@H](NC(=O)c3ccc(NCc4cnc5nc(N)[nH]c(=O)c5n4)cc3)C(=O)O)nn2)c2ccc(O[C@@H]3O[C@H](CO)[C@H](O)[C@H](O)[C@H]3O)c([N+](=O)[O-])c2)[C@H](O)[C@H](C)O1. The van der Waals surface area contributed by atoms with E-state index in [-0.39, 0.29) is 140 Å². The van der Waals surface area contributed by atoms with Crippen LogP contribution in [0.5, 0.6) is 23.0 Å². The maximum absolute atomic E-state index is 14.3. The summed E-state index contributed by atoms with van der Waals surface area (Å²) >= 11 is 0. The van der Waals surface area contributed by atoms with Gasteiger partial charge < -0.3 is 121 Å². The first-order chi connectivity index (χ1) is 54.1. The molecule has 2 fully saturated rings. The lowest BCUT2D eigenvalue weighted by Gasteiger charge is -2.42. The third-order valence-electron chi connectivity index (χ3n) is 19.1. The molecule has 0 unspecified atom stereocenters. The van der Waals surface area contributed by atoms with E-state index in [4.69, 9.17) is 48.4 Å². The van der Waals surface area contributed by atoms with Crippen molar-refractivity contribution in [2.24, 2.45) is 0 Å². The van der Waals surface area contributed by atoms with Crippen molar-refractivity contribution in [3.05, 3.63) is 149 Å². The van der Waals surface area contributed by atoms with Crippen LogP contribution >= 0.6 is 0 Å². The maximum Gasteiger partial charge on any atom is 0.408 e. The van der Waals surface area contributed by atoms with Crippen LogP contribution in [0.3, 0.4) is 0 Å². The van der Waals surface area contributed by atoms with Gasteiger partial charge in [-0.1, -0.05) is 23.4 Å². The highest BCUT2D eigenvalue weighted by atomic mass is 16.7. The number of ether oxygens (including phenoxy) is 9. The zero-order chi connectivity index (χ0) is 81.1. The molecule has 42 nitrogen and oxygen atoms in total. The highest BCUT2D eigenvalue weighted by Gasteiger charge is 2.51. The molecule has 0 radical (unpaired) electrons. The van der Waals surface area contributed by atoms with E-state index >= 15 is 0 Å². The number of alkyl carbamates (subject to hydrolysis) is 1. The van der Waals surface area contributed by atoms with E-state index in [0.717, 1.165) is 12.1 Å². The molecule has 7 aromatic rings. The number of phenolic OH excluding ortho intramolecular Hbond substituents is 2. The van der Waals surface area contributed by atoms with Crippen molar-refractivity contribution in [1.82, 2.24) is 50.9 Å². The first kappa shape index (κ1) is 82.6. The minimum Gasteiger partial charge on any atom is -0.507 e. The minimum absolute atomic E-state index is 0.00888. The molecule has 113 heavy (non-hydrogen) atoms. The number of nitrogens with two attached hydrogens (primary N) is 1. The second-order valence-corrected chi connectivity index (χ2v) is 26.6. The zero-order valence-electron chi connectivity index (χ0n) is 60.3. The number of benzene rings is 4. The van der Waals surface area contributed by atoms with Gasteiger partial charge in [0.2, 0.25) is 23.9 Å². The van der Waals surface area contributed by atoms with Crippen molar-refractivity contribution >= 4 is 69.7 Å². The van der Waals surface area contributed by atoms with E-state index in [0.29, 0.717) is 11.4 Å². The third kappa shape index (κ3) is 19.1. The Morgan fingerprint density at radius 3 is 2.29 bits per heavy atom. The van der Waals surface area contributed by atoms with Crippen LogP contribution in [0.4, 0.5) is 22.1 Å². The lowest BCUT2D eigenvalue weighted by molar-refractivity contribution is -0.387. The smallest absolute Gasteiger partial charge is 0.408 e. The fourth-order valence-corrected chi connectivity index (χ4v) is 13.2. The number of hydrogen-bond acceptors (Lipinski definition) is 35. The molecular weight excluding hydrogens is 1500 g/mol. The van der Waals surface area contributed by atoms with Gasteiger partial charge in [-0.15, -0.1) is 5.10 Å². The van der Waals surface area contributed by atoms with Crippen LogP contribution in [-0.2, 0) is 73.5 Å². The Balaban J connectivity index is 0.659. The van der Waals surface area contributed by atoms with Crippen LogP contribution in [0.15, 0.2) is 77.9 Å². The van der Waals surface area contributed by atoms with Crippen LogP contribution in [0.25, 0.3) is 11.2 Å². The lowest BCUT2D eigenvalue weighted by Crippen LogP contribution is -2.60. The van der Waals surface area contributed by atoms with Crippen LogP contribution < -0.4 is 42.0 Å². The number of nitro benzene ring substituents is 1. The van der Waals surface area contributed by atoms with Gasteiger partial charge in [-0.05, 0) is 55.3 Å². The number of nitro groups is 1. The molecule has 17 N–H and O–H groups in total. The molecular formula is C71H81N13O29. The van der Waals surface area contributed by atoms with Crippen LogP contribution in [0.1, 0.15) is 115 Å². The van der Waals surface area contributed by atoms with E-state index in [9.17, 15) is 99.5 Å². The lowest BCUT2D eigenvalue weighted by atomic mass is 9.72. The second kappa shape index (κ2) is 36.4. The Kier molecular flexibility index (Phi) is 26.6. The summed E-state index contributed by atoms with van der Waals surface area (Å²) in [6.07, 6.45) is -17.6. The van der Waals surface area contributed by atoms with Gasteiger partial charge >= 0.3 is 17.7 Å². The molecule has 0 spiro atoms. The number of amides is 3. The number of ketones is 3. The molecule has 5 heterocycles. The Labute approximate surface area is 638 Å². The first-order valence-corrected chi connectivity index (χ1v) is 35.3. The summed E-state index contributed by atoms with van der Waals surface area (Å²) in [6.45, 7) is 0.416. The number of aliphatic hydroxyl groups excluding tert-OH is 6. The summed E-state index contributed by atoms with van der Waals surface area (Å²) in [5, 5.41) is 140. The Hall–Kier alpha value is -11.4. The third-order valence-corrected chi connectivity index (χ3v) is 19.1. The molecule has 4 aliphatic rings. The van der Waals surface area contributed by atoms with Crippen molar-refractivity contribution in [3.63, 3.8) is 0 Å². The number of H-pyrrole nitrogens is 1. The van der Waals surface area contributed by atoms with Crippen molar-refractivity contribution in [2.75, 3.05) is 77.6 Å². The van der Waals surface area contributed by atoms with E-state index in [2.05, 4.69) is 51.5 Å². The topological polar surface area (TPSA) is 624 Å². The van der Waals surface area contributed by atoms with Gasteiger partial charge in [0.15, 0.2) is 34.8 Å². The molecule has 3 amide bonds. The second-order valence-electron chi connectivity index (χ2n) is 26.6. The number of rotatable bonds is 35. The number of aliphatic carboxylic acids is 1. The number of anilines is 2. The number of carbonyl (C=O) groups is 7. The average molecular weight is 1580 g/mol. The monoisotopic (exact) mass is 1580 g/mol. The van der Waals surface area contributed by atoms with E-state index in [1.165, 1.54) is 67.5 Å². The summed E-state index contributed by atoms with van der Waals surface area (Å²) < 4.78 is 52.9. The van der Waals surface area contributed by atoms with Gasteiger partial charge in [-0.3, -0.25) is 43.9 Å². The molecule has 3 aromatic heterocycles. The van der Waals surface area contributed by atoms with Crippen LogP contribution in [0.2, 0.25) is 0 Å². The number of fused-ring (bicyclic) bond motifs is 4. The molecule has 2 aliphatic carbocycles.